The molecule has 30 heavy (non-hydrogen) atoms. The summed E-state index contributed by atoms with van der Waals surface area (Å²) >= 11 is 0. The lowest BCUT2D eigenvalue weighted by molar-refractivity contribution is -0.138. The third-order valence-corrected chi connectivity index (χ3v) is 7.34. The van der Waals surface area contributed by atoms with Gasteiger partial charge in [-0.15, -0.1) is 0 Å². The lowest BCUT2D eigenvalue weighted by Gasteiger charge is -2.39. The van der Waals surface area contributed by atoms with Crippen LogP contribution in [0.5, 0.6) is 0 Å². The molecule has 1 saturated carbocycles. The van der Waals surface area contributed by atoms with Crippen LogP contribution in [-0.2, 0) is 4.79 Å². The van der Waals surface area contributed by atoms with Crippen molar-refractivity contribution in [2.45, 2.75) is 44.9 Å². The molecule has 1 aromatic carbocycles. The van der Waals surface area contributed by atoms with Crippen molar-refractivity contribution in [3.63, 3.8) is 0 Å². The number of nitrogens with zero attached hydrogens (tertiary/aromatic N) is 3. The molecule has 0 radical (unpaired) electrons. The second-order valence-electron chi connectivity index (χ2n) is 9.52. The van der Waals surface area contributed by atoms with Gasteiger partial charge < -0.3 is 9.80 Å². The van der Waals surface area contributed by atoms with Crippen LogP contribution in [0.15, 0.2) is 36.4 Å². The third-order valence-electron chi connectivity index (χ3n) is 7.34. The van der Waals surface area contributed by atoms with Crippen molar-refractivity contribution in [2.75, 3.05) is 52.4 Å². The Bertz CT molecular complexity index is 667. The van der Waals surface area contributed by atoms with E-state index in [9.17, 15) is 4.79 Å². The van der Waals surface area contributed by atoms with E-state index in [1.807, 2.05) is 6.07 Å². The summed E-state index contributed by atoms with van der Waals surface area (Å²) in [7, 11) is 0. The monoisotopic (exact) mass is 409 g/mol. The molecule has 2 aliphatic heterocycles. The van der Waals surface area contributed by atoms with Crippen LogP contribution < -0.4 is 0 Å². The third kappa shape index (κ3) is 6.18. The molecular weight excluding hydrogens is 370 g/mol. The predicted molar refractivity (Wildman–Crippen MR) is 124 cm³/mol. The first-order valence-corrected chi connectivity index (χ1v) is 12.2. The second kappa shape index (κ2) is 11.1. The highest BCUT2D eigenvalue weighted by Gasteiger charge is 2.31. The molecule has 164 valence electrons. The first-order valence-electron chi connectivity index (χ1n) is 12.2. The van der Waals surface area contributed by atoms with E-state index in [-0.39, 0.29) is 5.92 Å². The van der Waals surface area contributed by atoms with Crippen molar-refractivity contribution < 1.29 is 4.79 Å². The number of likely N-dealkylation sites (tertiary alicyclic amines) is 1. The smallest absolute Gasteiger partial charge is 0.225 e. The summed E-state index contributed by atoms with van der Waals surface area (Å²) < 4.78 is 0. The molecule has 3 fully saturated rings. The molecule has 4 nitrogen and oxygen atoms in total. The second-order valence-corrected chi connectivity index (χ2v) is 9.52. The Kier molecular flexibility index (Phi) is 7.99. The fourth-order valence-corrected chi connectivity index (χ4v) is 5.41. The molecule has 2 heterocycles. The average molecular weight is 410 g/mol. The fraction of sp³-hybridized carbons (Fsp3) is 0.654. The number of piperazine rings is 1. The zero-order valence-electron chi connectivity index (χ0n) is 18.6. The van der Waals surface area contributed by atoms with Crippen molar-refractivity contribution in [3.05, 3.63) is 42.0 Å². The van der Waals surface area contributed by atoms with E-state index in [0.29, 0.717) is 5.91 Å². The molecule has 0 bridgehead atoms. The molecule has 2 saturated heterocycles. The Morgan fingerprint density at radius 3 is 2.23 bits per heavy atom. The van der Waals surface area contributed by atoms with Crippen LogP contribution in [0.25, 0.3) is 6.08 Å². The zero-order valence-corrected chi connectivity index (χ0v) is 18.6. The number of amides is 1. The van der Waals surface area contributed by atoms with Gasteiger partial charge in [0.2, 0.25) is 5.91 Å². The molecule has 0 unspecified atom stereocenters. The Balaban J connectivity index is 1.14. The number of piperidine rings is 1. The summed E-state index contributed by atoms with van der Waals surface area (Å²) in [5.41, 5.74) is 1.25. The van der Waals surface area contributed by atoms with Gasteiger partial charge >= 0.3 is 0 Å². The summed E-state index contributed by atoms with van der Waals surface area (Å²) in [4.78, 5) is 20.3. The molecule has 4 rings (SSSR count). The minimum absolute atomic E-state index is 0.261. The van der Waals surface area contributed by atoms with Gasteiger partial charge in [-0.2, -0.15) is 0 Å². The molecule has 1 aromatic rings. The van der Waals surface area contributed by atoms with Gasteiger partial charge in [-0.05, 0) is 50.3 Å². The summed E-state index contributed by atoms with van der Waals surface area (Å²) in [5, 5.41) is 0. The van der Waals surface area contributed by atoms with Gasteiger partial charge in [0.25, 0.3) is 0 Å². The molecule has 0 spiro atoms. The van der Waals surface area contributed by atoms with Crippen LogP contribution in [0, 0.1) is 11.8 Å². The molecule has 1 aliphatic carbocycles. The fourth-order valence-electron chi connectivity index (χ4n) is 5.41. The number of hydrogen-bond donors (Lipinski definition) is 0. The van der Waals surface area contributed by atoms with Crippen LogP contribution >= 0.6 is 0 Å². The normalized spacial score (nSPS) is 23.3. The molecular formula is C26H39N3O. The standard InChI is InChI=1S/C26H39N3O/c30-26(25-13-16-28(17-14-25)22-24-10-5-2-6-11-24)29-20-18-27(19-21-29)15-7-12-23-8-3-1-4-9-23/h1,3-4,7-9,12,24-25H,2,5-6,10-11,13-22H2/b12-7+. The molecule has 0 N–H and O–H groups in total. The summed E-state index contributed by atoms with van der Waals surface area (Å²) in [5.74, 6) is 1.60. The highest BCUT2D eigenvalue weighted by Crippen LogP contribution is 2.27. The Labute approximate surface area is 182 Å². The topological polar surface area (TPSA) is 26.8 Å². The number of hydrogen-bond acceptors (Lipinski definition) is 3. The van der Waals surface area contributed by atoms with Crippen LogP contribution in [0.1, 0.15) is 50.5 Å². The van der Waals surface area contributed by atoms with Gasteiger partial charge in [0.15, 0.2) is 0 Å². The largest absolute Gasteiger partial charge is 0.340 e. The van der Waals surface area contributed by atoms with E-state index in [1.165, 1.54) is 44.2 Å². The lowest BCUT2D eigenvalue weighted by Crippen LogP contribution is -2.51. The van der Waals surface area contributed by atoms with Crippen LogP contribution in [-0.4, -0.2) is 73.0 Å². The maximum atomic E-state index is 13.0. The van der Waals surface area contributed by atoms with E-state index in [1.54, 1.807) is 0 Å². The minimum atomic E-state index is 0.261. The molecule has 4 heteroatoms. The van der Waals surface area contributed by atoms with Gasteiger partial charge in [-0.1, -0.05) is 61.7 Å². The number of carbonyl (C=O) groups excluding carboxylic acids is 1. The first-order chi connectivity index (χ1) is 14.8. The van der Waals surface area contributed by atoms with Gasteiger partial charge in [0.05, 0.1) is 0 Å². The van der Waals surface area contributed by atoms with E-state index in [4.69, 9.17) is 0 Å². The van der Waals surface area contributed by atoms with E-state index in [0.717, 1.165) is 64.6 Å². The molecule has 0 atom stereocenters. The highest BCUT2D eigenvalue weighted by molar-refractivity contribution is 5.79. The number of benzene rings is 1. The zero-order chi connectivity index (χ0) is 20.6. The van der Waals surface area contributed by atoms with Crippen molar-refractivity contribution in [2.24, 2.45) is 11.8 Å². The van der Waals surface area contributed by atoms with Gasteiger partial charge in [0.1, 0.15) is 0 Å². The lowest BCUT2D eigenvalue weighted by atomic mass is 9.87. The SMILES string of the molecule is O=C(C1CCN(CC2CCCCC2)CC1)N1CCN(C/C=C/c2ccccc2)CC1. The number of rotatable bonds is 6. The minimum Gasteiger partial charge on any atom is -0.340 e. The summed E-state index contributed by atoms with van der Waals surface area (Å²) in [6.07, 6.45) is 13.7. The summed E-state index contributed by atoms with van der Waals surface area (Å²) in [6, 6.07) is 10.5. The van der Waals surface area contributed by atoms with Gasteiger partial charge in [-0.25, -0.2) is 0 Å². The van der Waals surface area contributed by atoms with E-state index >= 15 is 0 Å². The van der Waals surface area contributed by atoms with Crippen LogP contribution in [0.4, 0.5) is 0 Å². The van der Waals surface area contributed by atoms with Crippen molar-refractivity contribution in [1.82, 2.24) is 14.7 Å². The Hall–Kier alpha value is -1.65. The summed E-state index contributed by atoms with van der Waals surface area (Å²) in [6.45, 7) is 8.25. The van der Waals surface area contributed by atoms with Crippen LogP contribution in [0.3, 0.4) is 0 Å². The van der Waals surface area contributed by atoms with E-state index < -0.39 is 0 Å². The molecule has 1 amide bonds. The van der Waals surface area contributed by atoms with Crippen molar-refractivity contribution >= 4 is 12.0 Å². The van der Waals surface area contributed by atoms with E-state index in [2.05, 4.69) is 51.1 Å². The average Bonchev–Trinajstić information content (AvgIpc) is 2.81. The predicted octanol–water partition coefficient (Wildman–Crippen LogP) is 4.14. The first kappa shape index (κ1) is 21.6. The molecule has 3 aliphatic rings. The Morgan fingerprint density at radius 1 is 0.833 bits per heavy atom. The van der Waals surface area contributed by atoms with Crippen LogP contribution in [0.2, 0.25) is 0 Å². The van der Waals surface area contributed by atoms with Gasteiger partial charge in [-0.3, -0.25) is 9.69 Å². The van der Waals surface area contributed by atoms with Gasteiger partial charge in [0, 0.05) is 45.2 Å². The van der Waals surface area contributed by atoms with Crippen molar-refractivity contribution in [1.29, 1.82) is 0 Å². The maximum Gasteiger partial charge on any atom is 0.225 e. The molecule has 0 aromatic heterocycles. The highest BCUT2D eigenvalue weighted by atomic mass is 16.2. The maximum absolute atomic E-state index is 13.0. The van der Waals surface area contributed by atoms with Crippen molar-refractivity contribution in [3.8, 4) is 0 Å². The quantitative estimate of drug-likeness (QED) is 0.707. The number of carbonyl (C=O) groups is 1. The Morgan fingerprint density at radius 2 is 1.53 bits per heavy atom.